The summed E-state index contributed by atoms with van der Waals surface area (Å²) in [4.78, 5) is 12.7. The molecule has 1 rings (SSSR count). The fraction of sp³-hybridized carbons (Fsp3) is 0.944. The first-order valence-electron chi connectivity index (χ1n) is 8.58. The van der Waals surface area contributed by atoms with Gasteiger partial charge in [0.1, 0.15) is 0 Å². The molecule has 0 radical (unpaired) electrons. The lowest BCUT2D eigenvalue weighted by atomic mass is 9.66. The molecule has 0 bridgehead atoms. The number of hydrogen-bond donors (Lipinski definition) is 2. The Bertz CT molecular complexity index is 338. The lowest BCUT2D eigenvalue weighted by Crippen LogP contribution is -2.57. The van der Waals surface area contributed by atoms with Crippen LogP contribution >= 0.6 is 0 Å². The van der Waals surface area contributed by atoms with Gasteiger partial charge in [-0.1, -0.05) is 53.9 Å². The third-order valence-corrected chi connectivity index (χ3v) is 5.61. The van der Waals surface area contributed by atoms with Crippen molar-refractivity contribution in [1.29, 1.82) is 0 Å². The molecule has 0 spiro atoms. The van der Waals surface area contributed by atoms with E-state index in [4.69, 9.17) is 0 Å². The van der Waals surface area contributed by atoms with E-state index in [1.807, 2.05) is 7.05 Å². The minimum absolute atomic E-state index is 0.00312. The zero-order valence-corrected chi connectivity index (χ0v) is 15.2. The van der Waals surface area contributed by atoms with Crippen molar-refractivity contribution in [1.82, 2.24) is 10.6 Å². The average molecular weight is 296 g/mol. The number of nitrogens with one attached hydrogen (secondary N) is 2. The summed E-state index contributed by atoms with van der Waals surface area (Å²) in [6, 6.07) is 0.0494. The molecule has 2 N–H and O–H groups in total. The highest BCUT2D eigenvalue weighted by molar-refractivity contribution is 5.83. The van der Waals surface area contributed by atoms with Crippen LogP contribution in [0.3, 0.4) is 0 Å². The van der Waals surface area contributed by atoms with Crippen molar-refractivity contribution in [3.63, 3.8) is 0 Å². The lowest BCUT2D eigenvalue weighted by Gasteiger charge is -2.43. The van der Waals surface area contributed by atoms with E-state index in [-0.39, 0.29) is 28.8 Å². The molecule has 0 aromatic rings. The molecule has 1 amide bonds. The molecule has 21 heavy (non-hydrogen) atoms. The van der Waals surface area contributed by atoms with Crippen LogP contribution in [0.15, 0.2) is 0 Å². The second-order valence-corrected chi connectivity index (χ2v) is 8.47. The van der Waals surface area contributed by atoms with Crippen molar-refractivity contribution in [2.24, 2.45) is 16.7 Å². The van der Waals surface area contributed by atoms with E-state index < -0.39 is 0 Å². The average Bonchev–Trinajstić information content (AvgIpc) is 2.39. The third-order valence-electron chi connectivity index (χ3n) is 5.61. The molecular weight excluding hydrogens is 260 g/mol. The molecule has 0 aromatic carbocycles. The van der Waals surface area contributed by atoms with E-state index in [9.17, 15) is 4.79 Å². The van der Waals surface area contributed by atoms with Gasteiger partial charge in [0.15, 0.2) is 0 Å². The monoisotopic (exact) mass is 296 g/mol. The van der Waals surface area contributed by atoms with E-state index in [0.29, 0.717) is 5.92 Å². The molecule has 2 unspecified atom stereocenters. The standard InChI is InChI=1S/C18H36N2O/c1-13(17(2,3)4)20-16(21)15(19-7)18(5,6)14-11-9-8-10-12-14/h13-15,19H,8-12H2,1-7H3,(H,20,21). The van der Waals surface area contributed by atoms with E-state index in [1.54, 1.807) is 0 Å². The molecule has 3 nitrogen and oxygen atoms in total. The van der Waals surface area contributed by atoms with Crippen LogP contribution in [0.2, 0.25) is 0 Å². The van der Waals surface area contributed by atoms with Gasteiger partial charge in [0, 0.05) is 6.04 Å². The molecule has 0 aliphatic heterocycles. The summed E-state index contributed by atoms with van der Waals surface area (Å²) in [6.45, 7) is 13.1. The lowest BCUT2D eigenvalue weighted by molar-refractivity contribution is -0.128. The summed E-state index contributed by atoms with van der Waals surface area (Å²) in [7, 11) is 1.91. The van der Waals surface area contributed by atoms with Crippen LogP contribution in [0, 0.1) is 16.7 Å². The predicted molar refractivity (Wildman–Crippen MR) is 90.3 cm³/mol. The van der Waals surface area contributed by atoms with Gasteiger partial charge >= 0.3 is 0 Å². The first-order chi connectivity index (χ1) is 9.60. The maximum atomic E-state index is 12.7. The van der Waals surface area contributed by atoms with Gasteiger partial charge in [-0.25, -0.2) is 0 Å². The summed E-state index contributed by atoms with van der Waals surface area (Å²) in [5.41, 5.74) is 0.0831. The zero-order chi connectivity index (χ0) is 16.3. The fourth-order valence-electron chi connectivity index (χ4n) is 3.44. The molecule has 0 heterocycles. The predicted octanol–water partition coefficient (Wildman–Crippen LogP) is 3.73. The van der Waals surface area contributed by atoms with Crippen LogP contribution in [0.1, 0.15) is 73.6 Å². The number of rotatable bonds is 5. The minimum Gasteiger partial charge on any atom is -0.352 e. The van der Waals surface area contributed by atoms with Crippen molar-refractivity contribution < 1.29 is 4.79 Å². The van der Waals surface area contributed by atoms with Crippen LogP contribution in [0.4, 0.5) is 0 Å². The maximum absolute atomic E-state index is 12.7. The van der Waals surface area contributed by atoms with E-state index >= 15 is 0 Å². The van der Waals surface area contributed by atoms with E-state index in [0.717, 1.165) is 0 Å². The van der Waals surface area contributed by atoms with Gasteiger partial charge in [0.25, 0.3) is 0 Å². The van der Waals surface area contributed by atoms with Crippen LogP contribution in [-0.2, 0) is 4.79 Å². The fourth-order valence-corrected chi connectivity index (χ4v) is 3.44. The molecule has 0 saturated heterocycles. The third kappa shape index (κ3) is 4.70. The Kier molecular flexibility index (Phi) is 6.27. The smallest absolute Gasteiger partial charge is 0.237 e. The van der Waals surface area contributed by atoms with Gasteiger partial charge in [0.2, 0.25) is 5.91 Å². The highest BCUT2D eigenvalue weighted by atomic mass is 16.2. The number of hydrogen-bond acceptors (Lipinski definition) is 2. The van der Waals surface area contributed by atoms with Crippen molar-refractivity contribution in [2.75, 3.05) is 7.05 Å². The number of amides is 1. The van der Waals surface area contributed by atoms with E-state index in [2.05, 4.69) is 52.2 Å². The van der Waals surface area contributed by atoms with Crippen molar-refractivity contribution >= 4 is 5.91 Å². The molecule has 1 aliphatic rings. The van der Waals surface area contributed by atoms with Gasteiger partial charge in [-0.15, -0.1) is 0 Å². The molecule has 1 fully saturated rings. The van der Waals surface area contributed by atoms with Crippen LogP contribution < -0.4 is 10.6 Å². The largest absolute Gasteiger partial charge is 0.352 e. The molecule has 0 aromatic heterocycles. The van der Waals surface area contributed by atoms with Crippen molar-refractivity contribution in [3.8, 4) is 0 Å². The summed E-state index contributed by atoms with van der Waals surface area (Å²) in [6.07, 6.45) is 6.49. The van der Waals surface area contributed by atoms with Crippen LogP contribution in [0.5, 0.6) is 0 Å². The molecule has 1 aliphatic carbocycles. The van der Waals surface area contributed by atoms with Gasteiger partial charge in [-0.05, 0) is 43.6 Å². The van der Waals surface area contributed by atoms with Crippen molar-refractivity contribution in [2.45, 2.75) is 85.7 Å². The number of carbonyl (C=O) groups is 1. The summed E-state index contributed by atoms with van der Waals surface area (Å²) < 4.78 is 0. The molecule has 124 valence electrons. The molecule has 1 saturated carbocycles. The maximum Gasteiger partial charge on any atom is 0.237 e. The Balaban J connectivity index is 2.77. The molecule has 3 heteroatoms. The Hall–Kier alpha value is -0.570. The second-order valence-electron chi connectivity index (χ2n) is 8.47. The molecule has 2 atom stereocenters. The van der Waals surface area contributed by atoms with Gasteiger partial charge in [-0.2, -0.15) is 0 Å². The van der Waals surface area contributed by atoms with E-state index in [1.165, 1.54) is 32.1 Å². The first kappa shape index (κ1) is 18.5. The highest BCUT2D eigenvalue weighted by Gasteiger charge is 2.41. The van der Waals surface area contributed by atoms with Crippen LogP contribution in [-0.4, -0.2) is 25.0 Å². The summed E-state index contributed by atoms with van der Waals surface area (Å²) >= 11 is 0. The number of carbonyl (C=O) groups excluding carboxylic acids is 1. The Labute approximate surface area is 131 Å². The number of likely N-dealkylation sites (N-methyl/N-ethyl adjacent to an activating group) is 1. The van der Waals surface area contributed by atoms with Gasteiger partial charge in [-0.3, -0.25) is 4.79 Å². The first-order valence-corrected chi connectivity index (χ1v) is 8.58. The normalized spacial score (nSPS) is 20.9. The SMILES string of the molecule is CNC(C(=O)NC(C)C(C)(C)C)C(C)(C)C1CCCCC1. The summed E-state index contributed by atoms with van der Waals surface area (Å²) in [5, 5.41) is 6.50. The summed E-state index contributed by atoms with van der Waals surface area (Å²) in [5.74, 6) is 0.787. The minimum atomic E-state index is -0.120. The molecular formula is C18H36N2O. The Morgan fingerprint density at radius 1 is 1.05 bits per heavy atom. The highest BCUT2D eigenvalue weighted by Crippen LogP contribution is 2.40. The van der Waals surface area contributed by atoms with Crippen LogP contribution in [0.25, 0.3) is 0 Å². The van der Waals surface area contributed by atoms with Gasteiger partial charge < -0.3 is 10.6 Å². The van der Waals surface area contributed by atoms with Gasteiger partial charge in [0.05, 0.1) is 6.04 Å². The zero-order valence-electron chi connectivity index (χ0n) is 15.2. The quantitative estimate of drug-likeness (QED) is 0.811. The topological polar surface area (TPSA) is 41.1 Å². The Morgan fingerprint density at radius 3 is 2.00 bits per heavy atom. The Morgan fingerprint density at radius 2 is 1.57 bits per heavy atom. The van der Waals surface area contributed by atoms with Crippen molar-refractivity contribution in [3.05, 3.63) is 0 Å². The second kappa shape index (κ2) is 7.13.